The van der Waals surface area contributed by atoms with Crippen molar-refractivity contribution in [2.75, 3.05) is 13.7 Å². The molecule has 7 heteroatoms. The van der Waals surface area contributed by atoms with E-state index in [1.807, 2.05) is 0 Å². The van der Waals surface area contributed by atoms with E-state index in [1.165, 1.54) is 24.1 Å². The maximum atomic E-state index is 13.5. The number of carboxylic acids is 1. The summed E-state index contributed by atoms with van der Waals surface area (Å²) in [6.07, 6.45) is 0.467. The fourth-order valence-corrected chi connectivity index (χ4v) is 3.07. The standard InChI is InChI=1S/C23H25FN2O4/c1-4-18(21(25)23(28)29)22(27)26(13-12-16-8-7-9-17(24)14-16)15(2)19-10-5-6-11-20(19)30-3/h5-11,14H,2,4,12-13,25H2,1,3H3,(H,28,29)/b21-18-. The van der Waals surface area contributed by atoms with Gasteiger partial charge in [0, 0.05) is 23.4 Å². The van der Waals surface area contributed by atoms with Crippen LogP contribution >= 0.6 is 0 Å². The topological polar surface area (TPSA) is 92.9 Å². The number of halogens is 1. The summed E-state index contributed by atoms with van der Waals surface area (Å²) >= 11 is 0. The molecule has 2 aromatic rings. The molecule has 1 amide bonds. The van der Waals surface area contributed by atoms with Gasteiger partial charge in [0.05, 0.1) is 7.11 Å². The van der Waals surface area contributed by atoms with Gasteiger partial charge in [-0.3, -0.25) is 4.79 Å². The SMILES string of the molecule is C=C(c1ccccc1OC)N(CCc1cccc(F)c1)C(=O)/C(CC)=C(\N)C(=O)O. The van der Waals surface area contributed by atoms with Crippen LogP contribution in [0.5, 0.6) is 5.75 Å². The van der Waals surface area contributed by atoms with Crippen molar-refractivity contribution in [1.29, 1.82) is 0 Å². The number of hydrogen-bond acceptors (Lipinski definition) is 4. The number of hydrogen-bond donors (Lipinski definition) is 2. The summed E-state index contributed by atoms with van der Waals surface area (Å²) in [5, 5.41) is 9.25. The van der Waals surface area contributed by atoms with Crippen molar-refractivity contribution in [1.82, 2.24) is 4.90 Å². The van der Waals surface area contributed by atoms with Crippen LogP contribution in [0.4, 0.5) is 4.39 Å². The van der Waals surface area contributed by atoms with Crippen LogP contribution in [0.3, 0.4) is 0 Å². The number of carbonyl (C=O) groups excluding carboxylic acids is 1. The van der Waals surface area contributed by atoms with Gasteiger partial charge < -0.3 is 20.5 Å². The van der Waals surface area contributed by atoms with Crippen molar-refractivity contribution in [2.45, 2.75) is 19.8 Å². The number of amides is 1. The molecule has 0 aliphatic rings. The lowest BCUT2D eigenvalue weighted by Gasteiger charge is -2.27. The van der Waals surface area contributed by atoms with E-state index in [0.717, 1.165) is 0 Å². The lowest BCUT2D eigenvalue weighted by atomic mass is 10.0. The van der Waals surface area contributed by atoms with Crippen LogP contribution in [-0.4, -0.2) is 35.5 Å². The number of methoxy groups -OCH3 is 1. The Labute approximate surface area is 175 Å². The van der Waals surface area contributed by atoms with Crippen molar-refractivity contribution in [3.8, 4) is 5.75 Å². The Morgan fingerprint density at radius 3 is 2.50 bits per heavy atom. The van der Waals surface area contributed by atoms with Crippen molar-refractivity contribution >= 4 is 17.6 Å². The van der Waals surface area contributed by atoms with E-state index in [0.29, 0.717) is 29.0 Å². The molecule has 0 radical (unpaired) electrons. The minimum Gasteiger partial charge on any atom is -0.496 e. The van der Waals surface area contributed by atoms with Crippen LogP contribution in [-0.2, 0) is 16.0 Å². The number of ether oxygens (including phenoxy) is 1. The summed E-state index contributed by atoms with van der Waals surface area (Å²) < 4.78 is 18.9. The van der Waals surface area contributed by atoms with E-state index in [9.17, 15) is 19.1 Å². The number of carboxylic acid groups (broad SMARTS) is 1. The monoisotopic (exact) mass is 412 g/mol. The summed E-state index contributed by atoms with van der Waals surface area (Å²) in [7, 11) is 1.50. The third kappa shape index (κ3) is 5.26. The summed E-state index contributed by atoms with van der Waals surface area (Å²) in [4.78, 5) is 26.0. The van der Waals surface area contributed by atoms with E-state index in [2.05, 4.69) is 6.58 Å². The summed E-state index contributed by atoms with van der Waals surface area (Å²) in [6.45, 7) is 5.85. The molecule has 2 rings (SSSR count). The Morgan fingerprint density at radius 2 is 1.90 bits per heavy atom. The average Bonchev–Trinajstić information content (AvgIpc) is 2.74. The predicted octanol–water partition coefficient (Wildman–Crippen LogP) is 3.58. The van der Waals surface area contributed by atoms with Gasteiger partial charge in [-0.2, -0.15) is 0 Å². The predicted molar refractivity (Wildman–Crippen MR) is 113 cm³/mol. The van der Waals surface area contributed by atoms with Crippen molar-refractivity contribution < 1.29 is 23.8 Å². The van der Waals surface area contributed by atoms with E-state index >= 15 is 0 Å². The quantitative estimate of drug-likeness (QED) is 0.614. The third-order valence-corrected chi connectivity index (χ3v) is 4.67. The van der Waals surface area contributed by atoms with Crippen molar-refractivity contribution in [3.63, 3.8) is 0 Å². The minimum atomic E-state index is -1.37. The van der Waals surface area contributed by atoms with Gasteiger partial charge in [0.25, 0.3) is 5.91 Å². The highest BCUT2D eigenvalue weighted by molar-refractivity contribution is 6.04. The van der Waals surface area contributed by atoms with Gasteiger partial charge in [-0.05, 0) is 42.7 Å². The molecule has 0 aliphatic heterocycles. The van der Waals surface area contributed by atoms with Gasteiger partial charge in [0.15, 0.2) is 0 Å². The highest BCUT2D eigenvalue weighted by Crippen LogP contribution is 2.29. The summed E-state index contributed by atoms with van der Waals surface area (Å²) in [6, 6.07) is 13.1. The molecule has 0 unspecified atom stereocenters. The molecule has 158 valence electrons. The molecular formula is C23H25FN2O4. The third-order valence-electron chi connectivity index (χ3n) is 4.67. The number of benzene rings is 2. The maximum absolute atomic E-state index is 13.5. The molecule has 2 aromatic carbocycles. The van der Waals surface area contributed by atoms with Crippen LogP contribution in [0, 0.1) is 5.82 Å². The van der Waals surface area contributed by atoms with Gasteiger partial charge in [-0.15, -0.1) is 0 Å². The normalized spacial score (nSPS) is 11.4. The number of aliphatic carboxylic acids is 1. The molecule has 0 heterocycles. The van der Waals surface area contributed by atoms with Crippen molar-refractivity contribution in [2.24, 2.45) is 5.73 Å². The average molecular weight is 412 g/mol. The zero-order valence-corrected chi connectivity index (χ0v) is 17.0. The smallest absolute Gasteiger partial charge is 0.352 e. The molecular weight excluding hydrogens is 387 g/mol. The van der Waals surface area contributed by atoms with Gasteiger partial charge in [0.2, 0.25) is 0 Å². The fraction of sp³-hybridized carbons (Fsp3) is 0.217. The minimum absolute atomic E-state index is 0.0298. The first-order valence-electron chi connectivity index (χ1n) is 9.40. The summed E-state index contributed by atoms with van der Waals surface area (Å²) in [5.41, 5.74) is 6.72. The zero-order valence-electron chi connectivity index (χ0n) is 17.0. The van der Waals surface area contributed by atoms with E-state index in [-0.39, 0.29) is 24.4 Å². The molecule has 0 aromatic heterocycles. The van der Waals surface area contributed by atoms with Crippen LogP contribution < -0.4 is 10.5 Å². The zero-order chi connectivity index (χ0) is 22.3. The molecule has 6 nitrogen and oxygen atoms in total. The molecule has 0 saturated heterocycles. The highest BCUT2D eigenvalue weighted by atomic mass is 19.1. The first-order chi connectivity index (χ1) is 14.3. The number of carbonyl (C=O) groups is 2. The van der Waals surface area contributed by atoms with Crippen LogP contribution in [0.15, 0.2) is 66.4 Å². The second-order valence-electron chi connectivity index (χ2n) is 6.53. The Kier molecular flexibility index (Phi) is 7.75. The van der Waals surface area contributed by atoms with Crippen LogP contribution in [0.2, 0.25) is 0 Å². The molecule has 0 saturated carbocycles. The number of nitrogens with two attached hydrogens (primary N) is 1. The molecule has 0 spiro atoms. The number of para-hydroxylation sites is 1. The van der Waals surface area contributed by atoms with Gasteiger partial charge in [-0.1, -0.05) is 37.8 Å². The molecule has 0 aliphatic carbocycles. The second-order valence-corrected chi connectivity index (χ2v) is 6.53. The second kappa shape index (κ2) is 10.2. The largest absolute Gasteiger partial charge is 0.496 e. The molecule has 0 bridgehead atoms. The number of rotatable bonds is 9. The van der Waals surface area contributed by atoms with E-state index in [4.69, 9.17) is 10.5 Å². The van der Waals surface area contributed by atoms with Gasteiger partial charge in [0.1, 0.15) is 17.3 Å². The Morgan fingerprint density at radius 1 is 1.20 bits per heavy atom. The first-order valence-corrected chi connectivity index (χ1v) is 9.40. The molecule has 0 fully saturated rings. The Balaban J connectivity index is 2.45. The highest BCUT2D eigenvalue weighted by Gasteiger charge is 2.26. The molecule has 0 atom stereocenters. The molecule has 30 heavy (non-hydrogen) atoms. The molecule has 3 N–H and O–H groups in total. The number of nitrogens with zero attached hydrogens (tertiary/aromatic N) is 1. The van der Waals surface area contributed by atoms with Gasteiger partial charge >= 0.3 is 5.97 Å². The lowest BCUT2D eigenvalue weighted by molar-refractivity contribution is -0.133. The Bertz CT molecular complexity index is 985. The maximum Gasteiger partial charge on any atom is 0.352 e. The van der Waals surface area contributed by atoms with E-state index < -0.39 is 17.6 Å². The fourth-order valence-electron chi connectivity index (χ4n) is 3.07. The first kappa shape index (κ1) is 22.7. The van der Waals surface area contributed by atoms with Crippen LogP contribution in [0.1, 0.15) is 24.5 Å². The lowest BCUT2D eigenvalue weighted by Crippen LogP contribution is -2.34. The summed E-state index contributed by atoms with van der Waals surface area (Å²) in [5.74, 6) is -1.80. The van der Waals surface area contributed by atoms with Crippen LogP contribution in [0.25, 0.3) is 5.70 Å². The Hall–Kier alpha value is -3.61. The van der Waals surface area contributed by atoms with Crippen molar-refractivity contribution in [3.05, 3.63) is 83.3 Å². The van der Waals surface area contributed by atoms with Gasteiger partial charge in [-0.25, -0.2) is 9.18 Å². The van der Waals surface area contributed by atoms with E-state index in [1.54, 1.807) is 43.3 Å².